The van der Waals surface area contributed by atoms with Gasteiger partial charge in [-0.05, 0) is 12.3 Å². The fraction of sp³-hybridized carbons (Fsp3) is 0.583. The third-order valence-corrected chi connectivity index (χ3v) is 5.55. The largest absolute Gasteiger partial charge is 0.469 e. The molecule has 2 fully saturated rings. The zero-order valence-electron chi connectivity index (χ0n) is 12.3. The van der Waals surface area contributed by atoms with Gasteiger partial charge in [0.25, 0.3) is 0 Å². The first-order valence-corrected chi connectivity index (χ1v) is 8.79. The lowest BCUT2D eigenvalue weighted by Gasteiger charge is -2.24. The maximum atomic E-state index is 10.9. The number of imidazole rings is 1. The SMILES string of the molecule is Nc1ncnc2c1ncn2[C@]12C[C@H]1[C@H](COP(=O)(O)O)[C@@H](O)[C@H]2O. The summed E-state index contributed by atoms with van der Waals surface area (Å²) >= 11 is 0. The van der Waals surface area contributed by atoms with Crippen molar-refractivity contribution in [3.05, 3.63) is 12.7 Å². The van der Waals surface area contributed by atoms with E-state index in [2.05, 4.69) is 19.5 Å². The van der Waals surface area contributed by atoms with E-state index in [1.807, 2.05) is 0 Å². The van der Waals surface area contributed by atoms with Crippen LogP contribution in [0.1, 0.15) is 6.42 Å². The number of fused-ring (bicyclic) bond motifs is 2. The number of nitrogens with two attached hydrogens (primary N) is 1. The number of nitrogen functional groups attached to an aromatic ring is 1. The van der Waals surface area contributed by atoms with Gasteiger partial charge in [-0.15, -0.1) is 0 Å². The summed E-state index contributed by atoms with van der Waals surface area (Å²) in [6.07, 6.45) is 0.970. The van der Waals surface area contributed by atoms with Gasteiger partial charge in [0.05, 0.1) is 24.6 Å². The average Bonchev–Trinajstić information content (AvgIpc) is 3.00. The van der Waals surface area contributed by atoms with E-state index < -0.39 is 31.5 Å². The van der Waals surface area contributed by atoms with E-state index in [9.17, 15) is 14.8 Å². The van der Waals surface area contributed by atoms with E-state index in [1.54, 1.807) is 4.57 Å². The Morgan fingerprint density at radius 1 is 1.38 bits per heavy atom. The van der Waals surface area contributed by atoms with Gasteiger partial charge in [0.15, 0.2) is 11.5 Å². The Morgan fingerprint density at radius 2 is 2.12 bits per heavy atom. The van der Waals surface area contributed by atoms with Gasteiger partial charge >= 0.3 is 7.82 Å². The molecular weight excluding hydrogens is 341 g/mol. The van der Waals surface area contributed by atoms with Crippen LogP contribution in [0.25, 0.3) is 11.2 Å². The number of aliphatic hydroxyl groups is 2. The Morgan fingerprint density at radius 3 is 2.83 bits per heavy atom. The average molecular weight is 357 g/mol. The van der Waals surface area contributed by atoms with Crippen molar-refractivity contribution < 1.29 is 29.1 Å². The van der Waals surface area contributed by atoms with E-state index in [4.69, 9.17) is 15.5 Å². The maximum Gasteiger partial charge on any atom is 0.469 e. The van der Waals surface area contributed by atoms with Crippen LogP contribution in [0, 0.1) is 11.8 Å². The molecule has 2 heterocycles. The van der Waals surface area contributed by atoms with Gasteiger partial charge < -0.3 is 30.3 Å². The summed E-state index contributed by atoms with van der Waals surface area (Å²) in [5, 5.41) is 20.8. The third-order valence-electron chi connectivity index (χ3n) is 5.07. The zero-order valence-corrected chi connectivity index (χ0v) is 13.2. The molecular formula is C12H16N5O6P. The molecule has 0 aliphatic heterocycles. The Hall–Kier alpha value is -1.62. The molecule has 4 rings (SSSR count). The quantitative estimate of drug-likeness (QED) is 0.408. The molecule has 0 spiro atoms. The molecule has 0 saturated heterocycles. The number of aromatic nitrogens is 4. The summed E-state index contributed by atoms with van der Waals surface area (Å²) in [4.78, 5) is 29.9. The van der Waals surface area contributed by atoms with Crippen LogP contribution >= 0.6 is 7.82 Å². The van der Waals surface area contributed by atoms with Crippen LogP contribution in [0.15, 0.2) is 12.7 Å². The van der Waals surface area contributed by atoms with E-state index in [-0.39, 0.29) is 18.3 Å². The highest BCUT2D eigenvalue weighted by Crippen LogP contribution is 2.65. The predicted octanol–water partition coefficient (Wildman–Crippen LogP) is -1.42. The molecule has 0 aromatic carbocycles. The van der Waals surface area contributed by atoms with E-state index in [0.717, 1.165) is 0 Å². The zero-order chi connectivity index (χ0) is 17.3. The molecule has 2 aromatic heterocycles. The number of hydrogen-bond donors (Lipinski definition) is 5. The van der Waals surface area contributed by atoms with Crippen LogP contribution in [-0.2, 0) is 14.6 Å². The highest BCUT2D eigenvalue weighted by Gasteiger charge is 2.72. The minimum Gasteiger partial charge on any atom is -0.390 e. The molecule has 0 unspecified atom stereocenters. The van der Waals surface area contributed by atoms with Crippen molar-refractivity contribution in [2.24, 2.45) is 11.8 Å². The predicted molar refractivity (Wildman–Crippen MR) is 79.3 cm³/mol. The van der Waals surface area contributed by atoms with Gasteiger partial charge in [0.1, 0.15) is 17.9 Å². The number of nitrogens with zero attached hydrogens (tertiary/aromatic N) is 4. The fourth-order valence-corrected chi connectivity index (χ4v) is 4.26. The molecule has 130 valence electrons. The topological polar surface area (TPSA) is 177 Å². The lowest BCUT2D eigenvalue weighted by molar-refractivity contribution is -0.0270. The molecule has 2 aromatic rings. The van der Waals surface area contributed by atoms with Crippen LogP contribution in [0.2, 0.25) is 0 Å². The lowest BCUT2D eigenvalue weighted by atomic mass is 10.0. The van der Waals surface area contributed by atoms with Gasteiger partial charge in [-0.1, -0.05) is 0 Å². The third kappa shape index (κ3) is 2.10. The molecule has 2 saturated carbocycles. The number of anilines is 1. The Labute approximate surface area is 135 Å². The van der Waals surface area contributed by atoms with Crippen molar-refractivity contribution in [3.63, 3.8) is 0 Å². The number of hydrogen-bond acceptors (Lipinski definition) is 8. The van der Waals surface area contributed by atoms with Crippen LogP contribution in [0.5, 0.6) is 0 Å². The first kappa shape index (κ1) is 15.9. The van der Waals surface area contributed by atoms with Crippen LogP contribution < -0.4 is 5.73 Å². The molecule has 0 bridgehead atoms. The summed E-state index contributed by atoms with van der Waals surface area (Å²) in [5.74, 6) is -0.617. The minimum atomic E-state index is -4.65. The van der Waals surface area contributed by atoms with Crippen molar-refractivity contribution in [2.75, 3.05) is 12.3 Å². The number of aliphatic hydroxyl groups excluding tert-OH is 2. The molecule has 2 aliphatic carbocycles. The molecule has 6 N–H and O–H groups in total. The number of phosphoric acid groups is 1. The standard InChI is InChI=1S/C12H16N5O6P/c13-10-7-11(15-3-14-10)17(4-16-7)12-1-6(12)5(8(18)9(12)19)2-23-24(20,21)22/h3-6,8-9,18-19H,1-2H2,(H2,13,14,15)(H2,20,21,22)/t5-,6-,8+,9+,12+/m0/s1. The summed E-state index contributed by atoms with van der Waals surface area (Å²) < 4.78 is 17.1. The van der Waals surface area contributed by atoms with Crippen molar-refractivity contribution in [3.8, 4) is 0 Å². The second-order valence-corrected chi connectivity index (χ2v) is 7.47. The molecule has 2 aliphatic rings. The molecule has 0 radical (unpaired) electrons. The fourth-order valence-electron chi connectivity index (χ4n) is 3.90. The Balaban J connectivity index is 1.69. The molecule has 5 atom stereocenters. The maximum absolute atomic E-state index is 10.9. The Kier molecular flexibility index (Phi) is 3.27. The normalized spacial score (nSPS) is 35.3. The van der Waals surface area contributed by atoms with Gasteiger partial charge in [-0.3, -0.25) is 4.52 Å². The van der Waals surface area contributed by atoms with Gasteiger partial charge in [-0.2, -0.15) is 0 Å². The van der Waals surface area contributed by atoms with Gasteiger partial charge in [0.2, 0.25) is 0 Å². The first-order chi connectivity index (χ1) is 11.3. The van der Waals surface area contributed by atoms with Crippen molar-refractivity contribution in [1.82, 2.24) is 19.5 Å². The molecule has 12 heteroatoms. The lowest BCUT2D eigenvalue weighted by Crippen LogP contribution is -2.39. The number of rotatable bonds is 4. The summed E-state index contributed by atoms with van der Waals surface area (Å²) in [6.45, 7) is -0.349. The molecule has 24 heavy (non-hydrogen) atoms. The van der Waals surface area contributed by atoms with Crippen molar-refractivity contribution in [2.45, 2.75) is 24.2 Å². The minimum absolute atomic E-state index is 0.210. The monoisotopic (exact) mass is 357 g/mol. The van der Waals surface area contributed by atoms with E-state index in [0.29, 0.717) is 17.6 Å². The number of phosphoric ester groups is 1. The van der Waals surface area contributed by atoms with Crippen LogP contribution in [0.3, 0.4) is 0 Å². The van der Waals surface area contributed by atoms with Crippen molar-refractivity contribution in [1.29, 1.82) is 0 Å². The summed E-state index contributed by atoms with van der Waals surface area (Å²) in [6, 6.07) is 0. The van der Waals surface area contributed by atoms with E-state index >= 15 is 0 Å². The van der Waals surface area contributed by atoms with Gasteiger partial charge in [-0.25, -0.2) is 19.5 Å². The van der Waals surface area contributed by atoms with E-state index in [1.165, 1.54) is 12.7 Å². The smallest absolute Gasteiger partial charge is 0.390 e. The highest BCUT2D eigenvalue weighted by molar-refractivity contribution is 7.46. The second-order valence-electron chi connectivity index (χ2n) is 6.23. The molecule has 11 nitrogen and oxygen atoms in total. The summed E-state index contributed by atoms with van der Waals surface area (Å²) in [7, 11) is -4.65. The first-order valence-electron chi connectivity index (χ1n) is 7.26. The van der Waals surface area contributed by atoms with Crippen LogP contribution in [0.4, 0.5) is 5.82 Å². The van der Waals surface area contributed by atoms with Gasteiger partial charge in [0, 0.05) is 5.92 Å². The molecule has 0 amide bonds. The Bertz CT molecular complexity index is 854. The second kappa shape index (κ2) is 4.94. The van der Waals surface area contributed by atoms with Crippen molar-refractivity contribution >= 4 is 24.8 Å². The highest BCUT2D eigenvalue weighted by atomic mass is 31.2. The summed E-state index contributed by atoms with van der Waals surface area (Å²) in [5.41, 5.74) is 5.76. The van der Waals surface area contributed by atoms with Crippen LogP contribution in [-0.4, -0.2) is 58.3 Å².